The van der Waals surface area contributed by atoms with Crippen LogP contribution >= 0.6 is 0 Å². The largest absolute Gasteiger partial charge is 0.481 e. The number of hydrogen-bond donors (Lipinski definition) is 2. The zero-order valence-electron chi connectivity index (χ0n) is 12.9. The molecule has 0 aliphatic heterocycles. The SMILES string of the molecule is CC(=O)O.Cc1cccc2c1nc(N)c1c3ccccc3cn21. The van der Waals surface area contributed by atoms with Gasteiger partial charge < -0.3 is 15.2 Å². The van der Waals surface area contributed by atoms with Gasteiger partial charge in [-0.05, 0) is 18.6 Å². The molecule has 2 aromatic carbocycles. The molecule has 3 N–H and O–H groups in total. The van der Waals surface area contributed by atoms with Crippen LogP contribution in [0.4, 0.5) is 5.82 Å². The molecule has 5 nitrogen and oxygen atoms in total. The minimum absolute atomic E-state index is 0.586. The summed E-state index contributed by atoms with van der Waals surface area (Å²) in [6.07, 6.45) is 2.13. The van der Waals surface area contributed by atoms with E-state index < -0.39 is 5.97 Å². The molecule has 0 bridgehead atoms. The summed E-state index contributed by atoms with van der Waals surface area (Å²) in [6.45, 7) is 3.14. The highest BCUT2D eigenvalue weighted by Gasteiger charge is 2.11. The highest BCUT2D eigenvalue weighted by atomic mass is 16.4. The van der Waals surface area contributed by atoms with E-state index in [1.54, 1.807) is 0 Å². The molecule has 4 aromatic rings. The van der Waals surface area contributed by atoms with E-state index >= 15 is 0 Å². The average Bonchev–Trinajstić information content (AvgIpc) is 2.88. The monoisotopic (exact) mass is 307 g/mol. The second-order valence-corrected chi connectivity index (χ2v) is 5.39. The lowest BCUT2D eigenvalue weighted by Gasteiger charge is -2.07. The first kappa shape index (κ1) is 14.8. The molecule has 0 radical (unpaired) electrons. The maximum atomic E-state index is 9.00. The molecule has 0 aliphatic carbocycles. The van der Waals surface area contributed by atoms with Gasteiger partial charge in [0.25, 0.3) is 5.97 Å². The normalized spacial score (nSPS) is 10.7. The standard InChI is InChI=1S/C16H13N3.C2H4O2/c1-10-5-4-8-13-14(10)18-16(17)15-12-7-3-2-6-11(12)9-19(13)15;1-2(3)4/h2-9H,1H3,(H2,17,18);1H3,(H,3,4). The van der Waals surface area contributed by atoms with Crippen molar-refractivity contribution in [1.29, 1.82) is 0 Å². The molecular formula is C18H17N3O2. The molecule has 0 saturated carbocycles. The number of carbonyl (C=O) groups is 1. The third-order valence-corrected chi connectivity index (χ3v) is 3.68. The van der Waals surface area contributed by atoms with Crippen LogP contribution in [-0.2, 0) is 4.79 Å². The minimum Gasteiger partial charge on any atom is -0.481 e. The summed E-state index contributed by atoms with van der Waals surface area (Å²) >= 11 is 0. The molecule has 116 valence electrons. The number of aryl methyl sites for hydroxylation is 1. The molecule has 5 heteroatoms. The molecule has 0 atom stereocenters. The second-order valence-electron chi connectivity index (χ2n) is 5.39. The van der Waals surface area contributed by atoms with Crippen molar-refractivity contribution in [3.05, 3.63) is 54.2 Å². The number of fused-ring (bicyclic) bond motifs is 5. The van der Waals surface area contributed by atoms with Crippen LogP contribution < -0.4 is 5.73 Å². The summed E-state index contributed by atoms with van der Waals surface area (Å²) in [5.74, 6) is -0.247. The maximum absolute atomic E-state index is 9.00. The van der Waals surface area contributed by atoms with Gasteiger partial charge in [-0.1, -0.05) is 36.4 Å². The molecule has 0 spiro atoms. The zero-order chi connectivity index (χ0) is 16.6. The van der Waals surface area contributed by atoms with Gasteiger partial charge in [0, 0.05) is 23.9 Å². The van der Waals surface area contributed by atoms with Gasteiger partial charge in [0.05, 0.1) is 16.6 Å². The lowest BCUT2D eigenvalue weighted by molar-refractivity contribution is -0.134. The molecule has 4 rings (SSSR count). The van der Waals surface area contributed by atoms with Crippen molar-refractivity contribution in [2.24, 2.45) is 0 Å². The predicted molar refractivity (Wildman–Crippen MR) is 92.7 cm³/mol. The van der Waals surface area contributed by atoms with Gasteiger partial charge in [0.1, 0.15) is 5.82 Å². The van der Waals surface area contributed by atoms with Crippen LogP contribution in [0.3, 0.4) is 0 Å². The number of aliphatic carboxylic acids is 1. The highest BCUT2D eigenvalue weighted by Crippen LogP contribution is 2.29. The van der Waals surface area contributed by atoms with Crippen LogP contribution in [0.2, 0.25) is 0 Å². The van der Waals surface area contributed by atoms with Crippen molar-refractivity contribution in [2.45, 2.75) is 13.8 Å². The Morgan fingerprint density at radius 2 is 1.87 bits per heavy atom. The van der Waals surface area contributed by atoms with E-state index in [-0.39, 0.29) is 0 Å². The van der Waals surface area contributed by atoms with Crippen LogP contribution in [0, 0.1) is 6.92 Å². The summed E-state index contributed by atoms with van der Waals surface area (Å²) < 4.78 is 2.15. The fourth-order valence-electron chi connectivity index (χ4n) is 2.77. The van der Waals surface area contributed by atoms with Crippen molar-refractivity contribution < 1.29 is 9.90 Å². The fraction of sp³-hybridized carbons (Fsp3) is 0.111. The number of aromatic nitrogens is 2. The number of nitrogens with two attached hydrogens (primary N) is 1. The summed E-state index contributed by atoms with van der Waals surface area (Å²) in [6, 6.07) is 14.5. The molecule has 2 heterocycles. The van der Waals surface area contributed by atoms with E-state index in [4.69, 9.17) is 15.6 Å². The number of benzene rings is 2. The van der Waals surface area contributed by atoms with Crippen molar-refractivity contribution in [1.82, 2.24) is 9.38 Å². The lowest BCUT2D eigenvalue weighted by atomic mass is 10.2. The number of hydrogen-bond acceptors (Lipinski definition) is 3. The van der Waals surface area contributed by atoms with Gasteiger partial charge in [-0.15, -0.1) is 0 Å². The van der Waals surface area contributed by atoms with E-state index in [1.807, 2.05) is 12.1 Å². The van der Waals surface area contributed by atoms with E-state index in [0.717, 1.165) is 34.4 Å². The molecule has 0 fully saturated rings. The van der Waals surface area contributed by atoms with Gasteiger partial charge >= 0.3 is 0 Å². The van der Waals surface area contributed by atoms with Crippen LogP contribution in [0.1, 0.15) is 12.5 Å². The van der Waals surface area contributed by atoms with E-state index in [9.17, 15) is 0 Å². The number of rotatable bonds is 0. The second kappa shape index (κ2) is 5.61. The molecule has 23 heavy (non-hydrogen) atoms. The third-order valence-electron chi connectivity index (χ3n) is 3.68. The maximum Gasteiger partial charge on any atom is 0.300 e. The molecule has 0 saturated heterocycles. The summed E-state index contributed by atoms with van der Waals surface area (Å²) in [5, 5.41) is 9.75. The first-order chi connectivity index (χ1) is 11.0. The number of nitrogens with zero attached hydrogens (tertiary/aromatic N) is 2. The predicted octanol–water partition coefficient (Wildman–Crippen LogP) is 3.62. The molecule has 0 unspecified atom stereocenters. The minimum atomic E-state index is -0.833. The van der Waals surface area contributed by atoms with Gasteiger partial charge in [-0.3, -0.25) is 4.79 Å². The highest BCUT2D eigenvalue weighted by molar-refractivity contribution is 6.04. The lowest BCUT2D eigenvalue weighted by Crippen LogP contribution is -1.98. The topological polar surface area (TPSA) is 80.6 Å². The van der Waals surface area contributed by atoms with Gasteiger partial charge in [-0.25, -0.2) is 4.98 Å². The third kappa shape index (κ3) is 2.57. The molecule has 0 aliphatic rings. The van der Waals surface area contributed by atoms with Gasteiger partial charge in [0.2, 0.25) is 0 Å². The first-order valence-electron chi connectivity index (χ1n) is 7.23. The number of carboxylic acid groups (broad SMARTS) is 1. The summed E-state index contributed by atoms with van der Waals surface area (Å²) in [5.41, 5.74) is 10.4. The van der Waals surface area contributed by atoms with Crippen LogP contribution in [-0.4, -0.2) is 20.5 Å². The van der Waals surface area contributed by atoms with E-state index in [1.165, 1.54) is 5.39 Å². The zero-order valence-corrected chi connectivity index (χ0v) is 12.9. The van der Waals surface area contributed by atoms with Crippen molar-refractivity contribution >= 4 is 39.1 Å². The fourth-order valence-corrected chi connectivity index (χ4v) is 2.77. The molecular weight excluding hydrogens is 290 g/mol. The van der Waals surface area contributed by atoms with Crippen molar-refractivity contribution in [3.8, 4) is 0 Å². The quantitative estimate of drug-likeness (QED) is 0.520. The van der Waals surface area contributed by atoms with Crippen molar-refractivity contribution in [3.63, 3.8) is 0 Å². The molecule has 2 aromatic heterocycles. The Morgan fingerprint density at radius 3 is 2.61 bits per heavy atom. The van der Waals surface area contributed by atoms with Crippen LogP contribution in [0.25, 0.3) is 27.3 Å². The van der Waals surface area contributed by atoms with E-state index in [2.05, 4.69) is 52.8 Å². The summed E-state index contributed by atoms with van der Waals surface area (Å²) in [4.78, 5) is 13.6. The van der Waals surface area contributed by atoms with E-state index in [0.29, 0.717) is 5.82 Å². The Kier molecular flexibility index (Phi) is 3.62. The smallest absolute Gasteiger partial charge is 0.300 e. The Balaban J connectivity index is 0.000000354. The number of para-hydroxylation sites is 1. The van der Waals surface area contributed by atoms with Gasteiger partial charge in [-0.2, -0.15) is 0 Å². The number of nitrogen functional groups attached to an aromatic ring is 1. The Morgan fingerprint density at radius 1 is 1.17 bits per heavy atom. The number of anilines is 1. The van der Waals surface area contributed by atoms with Crippen LogP contribution in [0.15, 0.2) is 48.7 Å². The van der Waals surface area contributed by atoms with Gasteiger partial charge in [0.15, 0.2) is 0 Å². The Labute approximate surface area is 133 Å². The van der Waals surface area contributed by atoms with Crippen LogP contribution in [0.5, 0.6) is 0 Å². The average molecular weight is 307 g/mol. The molecule has 0 amide bonds. The number of carboxylic acids is 1. The van der Waals surface area contributed by atoms with Crippen molar-refractivity contribution in [2.75, 3.05) is 5.73 Å². The first-order valence-corrected chi connectivity index (χ1v) is 7.23. The Bertz CT molecular complexity index is 1030. The Hall–Kier alpha value is -3.08. The summed E-state index contributed by atoms with van der Waals surface area (Å²) in [7, 11) is 0.